The van der Waals surface area contributed by atoms with E-state index in [1.807, 2.05) is 25.1 Å². The van der Waals surface area contributed by atoms with E-state index >= 15 is 0 Å². The zero-order chi connectivity index (χ0) is 13.9. The summed E-state index contributed by atoms with van der Waals surface area (Å²) in [5, 5.41) is 0. The number of benzene rings is 1. The van der Waals surface area contributed by atoms with Gasteiger partial charge in [0.2, 0.25) is 5.88 Å². The van der Waals surface area contributed by atoms with Gasteiger partial charge in [0.05, 0.1) is 5.69 Å². The molecule has 3 rings (SSSR count). The first kappa shape index (κ1) is 12.9. The number of nitrogens with zero attached hydrogens (tertiary/aromatic N) is 2. The Kier molecular flexibility index (Phi) is 3.54. The summed E-state index contributed by atoms with van der Waals surface area (Å²) in [7, 11) is 0. The quantitative estimate of drug-likeness (QED) is 0.670. The summed E-state index contributed by atoms with van der Waals surface area (Å²) in [6.07, 6.45) is 7.25. The van der Waals surface area contributed by atoms with Crippen molar-refractivity contribution in [3.63, 3.8) is 0 Å². The highest BCUT2D eigenvalue weighted by Gasteiger charge is 2.16. The molecule has 0 atom stereocenters. The highest BCUT2D eigenvalue weighted by Crippen LogP contribution is 2.30. The summed E-state index contributed by atoms with van der Waals surface area (Å²) >= 11 is 0. The number of rotatable bonds is 2. The van der Waals surface area contributed by atoms with Crippen LogP contribution in [0.1, 0.15) is 36.1 Å². The van der Waals surface area contributed by atoms with E-state index in [1.165, 1.54) is 24.8 Å². The van der Waals surface area contributed by atoms with E-state index in [9.17, 15) is 0 Å². The lowest BCUT2D eigenvalue weighted by molar-refractivity contribution is 0.452. The molecular weight excluding hydrogens is 250 g/mol. The molecule has 0 bridgehead atoms. The van der Waals surface area contributed by atoms with Crippen LogP contribution in [0, 0.1) is 6.92 Å². The highest BCUT2D eigenvalue weighted by molar-refractivity contribution is 5.50. The molecule has 1 aromatic carbocycles. The van der Waals surface area contributed by atoms with E-state index in [0.29, 0.717) is 5.88 Å². The zero-order valence-electron chi connectivity index (χ0n) is 11.7. The second-order valence-corrected chi connectivity index (χ2v) is 5.29. The number of nitrogen functional groups attached to an aromatic ring is 1. The Labute approximate surface area is 119 Å². The number of hydrogen-bond acceptors (Lipinski definition) is 4. The van der Waals surface area contributed by atoms with Crippen molar-refractivity contribution in [3.05, 3.63) is 41.3 Å². The van der Waals surface area contributed by atoms with E-state index < -0.39 is 0 Å². The maximum atomic E-state index is 5.96. The number of fused-ring (bicyclic) bond motifs is 1. The van der Waals surface area contributed by atoms with Crippen LogP contribution in [0.25, 0.3) is 0 Å². The first-order chi connectivity index (χ1) is 9.74. The number of hydrogen-bond donors (Lipinski definition) is 1. The van der Waals surface area contributed by atoms with Crippen LogP contribution in [-0.4, -0.2) is 9.97 Å². The summed E-state index contributed by atoms with van der Waals surface area (Å²) in [5.41, 5.74) is 9.93. The van der Waals surface area contributed by atoms with Crippen LogP contribution >= 0.6 is 0 Å². The fourth-order valence-electron chi connectivity index (χ4n) is 2.58. The zero-order valence-corrected chi connectivity index (χ0v) is 11.7. The van der Waals surface area contributed by atoms with Crippen LogP contribution in [-0.2, 0) is 12.8 Å². The van der Waals surface area contributed by atoms with Gasteiger partial charge in [-0.1, -0.05) is 6.42 Å². The predicted octanol–water partition coefficient (Wildman–Crippen LogP) is 3.43. The molecule has 2 N–H and O–H groups in total. The van der Waals surface area contributed by atoms with Gasteiger partial charge in [-0.3, -0.25) is 0 Å². The van der Waals surface area contributed by atoms with E-state index in [-0.39, 0.29) is 0 Å². The first-order valence-electron chi connectivity index (χ1n) is 7.11. The molecule has 4 heteroatoms. The number of ether oxygens (including phenoxy) is 1. The molecule has 0 saturated carbocycles. The van der Waals surface area contributed by atoms with Crippen molar-refractivity contribution in [3.8, 4) is 11.6 Å². The molecular formula is C16H19N3O. The van der Waals surface area contributed by atoms with Gasteiger partial charge in [0.15, 0.2) is 0 Å². The molecule has 104 valence electrons. The van der Waals surface area contributed by atoms with Crippen LogP contribution in [0.3, 0.4) is 0 Å². The van der Waals surface area contributed by atoms with Gasteiger partial charge in [0.25, 0.3) is 0 Å². The Balaban J connectivity index is 1.92. The van der Waals surface area contributed by atoms with Gasteiger partial charge in [-0.05, 0) is 56.4 Å². The van der Waals surface area contributed by atoms with Crippen molar-refractivity contribution < 1.29 is 4.74 Å². The number of anilines is 1. The maximum Gasteiger partial charge on any atom is 0.225 e. The Morgan fingerprint density at radius 1 is 1.10 bits per heavy atom. The van der Waals surface area contributed by atoms with E-state index in [4.69, 9.17) is 10.5 Å². The number of nitrogens with two attached hydrogens (primary N) is 1. The molecule has 1 aliphatic rings. The van der Waals surface area contributed by atoms with Crippen molar-refractivity contribution in [2.24, 2.45) is 0 Å². The third-order valence-electron chi connectivity index (χ3n) is 3.79. The molecule has 2 aromatic rings. The summed E-state index contributed by atoms with van der Waals surface area (Å²) in [6, 6.07) is 5.69. The fraction of sp³-hybridized carbons (Fsp3) is 0.375. The SMILES string of the molecule is Cc1cc(Oc2ncnc3c2CCCCC3)ccc1N. The van der Waals surface area contributed by atoms with Crippen LogP contribution in [0.2, 0.25) is 0 Å². The Bertz CT molecular complexity index is 625. The van der Waals surface area contributed by atoms with Crippen molar-refractivity contribution in [1.82, 2.24) is 9.97 Å². The molecule has 1 heterocycles. The van der Waals surface area contributed by atoms with Gasteiger partial charge in [0.1, 0.15) is 12.1 Å². The minimum atomic E-state index is 0.695. The molecule has 0 spiro atoms. The summed E-state index contributed by atoms with van der Waals surface area (Å²) in [5.74, 6) is 1.47. The molecule has 0 unspecified atom stereocenters. The smallest absolute Gasteiger partial charge is 0.225 e. The van der Waals surface area contributed by atoms with E-state index in [0.717, 1.165) is 35.5 Å². The molecule has 0 saturated heterocycles. The second kappa shape index (κ2) is 5.49. The predicted molar refractivity (Wildman–Crippen MR) is 79.0 cm³/mol. The van der Waals surface area contributed by atoms with Gasteiger partial charge < -0.3 is 10.5 Å². The average molecular weight is 269 g/mol. The Hall–Kier alpha value is -2.10. The number of aryl methyl sites for hydroxylation is 2. The molecule has 1 aliphatic carbocycles. The van der Waals surface area contributed by atoms with Gasteiger partial charge in [0, 0.05) is 11.3 Å². The van der Waals surface area contributed by atoms with Crippen LogP contribution in [0.15, 0.2) is 24.5 Å². The van der Waals surface area contributed by atoms with Crippen LogP contribution in [0.4, 0.5) is 5.69 Å². The molecule has 0 fully saturated rings. The molecule has 0 radical (unpaired) electrons. The monoisotopic (exact) mass is 269 g/mol. The lowest BCUT2D eigenvalue weighted by atomic mass is 10.1. The molecule has 0 amide bonds. The van der Waals surface area contributed by atoms with Gasteiger partial charge in [-0.15, -0.1) is 0 Å². The summed E-state index contributed by atoms with van der Waals surface area (Å²) in [6.45, 7) is 1.97. The van der Waals surface area contributed by atoms with Gasteiger partial charge in [-0.2, -0.15) is 0 Å². The third-order valence-corrected chi connectivity index (χ3v) is 3.79. The largest absolute Gasteiger partial charge is 0.439 e. The Morgan fingerprint density at radius 3 is 2.80 bits per heavy atom. The van der Waals surface area contributed by atoms with E-state index in [2.05, 4.69) is 9.97 Å². The standard InChI is InChI=1S/C16H19N3O/c1-11-9-12(7-8-14(11)17)20-16-13-5-3-2-4-6-15(13)18-10-19-16/h7-10H,2-6,17H2,1H3. The normalized spacial score (nSPS) is 14.4. The molecule has 1 aromatic heterocycles. The lowest BCUT2D eigenvalue weighted by Gasteiger charge is -2.12. The third kappa shape index (κ3) is 2.59. The first-order valence-corrected chi connectivity index (χ1v) is 7.11. The maximum absolute atomic E-state index is 5.96. The topological polar surface area (TPSA) is 61.0 Å². The van der Waals surface area contributed by atoms with Gasteiger partial charge >= 0.3 is 0 Å². The highest BCUT2D eigenvalue weighted by atomic mass is 16.5. The summed E-state index contributed by atoms with van der Waals surface area (Å²) < 4.78 is 5.96. The van der Waals surface area contributed by atoms with Crippen molar-refractivity contribution in [1.29, 1.82) is 0 Å². The molecule has 4 nitrogen and oxygen atoms in total. The summed E-state index contributed by atoms with van der Waals surface area (Å²) in [4.78, 5) is 8.72. The fourth-order valence-corrected chi connectivity index (χ4v) is 2.58. The van der Waals surface area contributed by atoms with Crippen LogP contribution in [0.5, 0.6) is 11.6 Å². The Morgan fingerprint density at radius 2 is 1.95 bits per heavy atom. The minimum absolute atomic E-state index is 0.695. The number of aromatic nitrogens is 2. The van der Waals surface area contributed by atoms with Crippen LogP contribution < -0.4 is 10.5 Å². The molecule has 0 aliphatic heterocycles. The molecule has 20 heavy (non-hydrogen) atoms. The van der Waals surface area contributed by atoms with Crippen molar-refractivity contribution in [2.45, 2.75) is 39.0 Å². The average Bonchev–Trinajstić information content (AvgIpc) is 2.69. The second-order valence-electron chi connectivity index (χ2n) is 5.29. The van der Waals surface area contributed by atoms with Gasteiger partial charge in [-0.25, -0.2) is 9.97 Å². The van der Waals surface area contributed by atoms with Crippen molar-refractivity contribution in [2.75, 3.05) is 5.73 Å². The minimum Gasteiger partial charge on any atom is -0.439 e. The lowest BCUT2D eigenvalue weighted by Crippen LogP contribution is -2.01. The van der Waals surface area contributed by atoms with Crippen molar-refractivity contribution >= 4 is 5.69 Å². The van der Waals surface area contributed by atoms with E-state index in [1.54, 1.807) is 6.33 Å².